The van der Waals surface area contributed by atoms with Crippen LogP contribution in [-0.4, -0.2) is 58.6 Å². The van der Waals surface area contributed by atoms with Gasteiger partial charge in [0.1, 0.15) is 12.2 Å². The second-order valence-electron chi connectivity index (χ2n) is 12.5. The van der Waals surface area contributed by atoms with Crippen molar-refractivity contribution in [3.8, 4) is 0 Å². The van der Waals surface area contributed by atoms with Crippen LogP contribution in [0.3, 0.4) is 0 Å². The van der Waals surface area contributed by atoms with Gasteiger partial charge in [0.2, 0.25) is 0 Å². The summed E-state index contributed by atoms with van der Waals surface area (Å²) in [5, 5.41) is 23.2. The minimum Gasteiger partial charge on any atom is -0.458 e. The molecule has 2 fully saturated rings. The van der Waals surface area contributed by atoms with E-state index in [1.54, 1.807) is 13.0 Å². The van der Waals surface area contributed by atoms with E-state index in [4.69, 9.17) is 14.2 Å². The lowest BCUT2D eigenvalue weighted by molar-refractivity contribution is -0.197. The maximum absolute atomic E-state index is 12.8. The van der Waals surface area contributed by atoms with E-state index in [9.17, 15) is 24.6 Å². The number of carbonyl (C=O) groups is 3. The molecule has 4 rings (SSSR count). The monoisotopic (exact) mass is 566 g/mol. The quantitative estimate of drug-likeness (QED) is 0.231. The second-order valence-corrected chi connectivity index (χ2v) is 12.5. The molecule has 3 aliphatic carbocycles. The molecule has 2 bridgehead atoms. The van der Waals surface area contributed by atoms with Crippen LogP contribution in [0.1, 0.15) is 66.4 Å². The molecule has 2 saturated carbocycles. The zero-order valence-electron chi connectivity index (χ0n) is 24.8. The minimum atomic E-state index is -1.02. The Morgan fingerprint density at radius 3 is 2.24 bits per heavy atom. The van der Waals surface area contributed by atoms with Crippen molar-refractivity contribution >= 4 is 24.0 Å². The fourth-order valence-corrected chi connectivity index (χ4v) is 7.54. The van der Waals surface area contributed by atoms with Crippen LogP contribution in [-0.2, 0) is 28.6 Å². The summed E-state index contributed by atoms with van der Waals surface area (Å²) in [5.41, 5.74) is 1.01. The fourth-order valence-electron chi connectivity index (χ4n) is 7.54. The van der Waals surface area contributed by atoms with Crippen LogP contribution in [0.2, 0.25) is 0 Å². The Hall–Kier alpha value is -3.23. The SMILES string of the molecule is C=C1[C@@H](OC(=O)/C=C\c2ccccc2)CC[C@@]2(C)[C@@H](OC(C)=O)[C@H](OC(C)=O)C3=C(C)[C@@H](O)C[C@@H]([C@@H](O)[C@H]12)C3(C)C. The maximum Gasteiger partial charge on any atom is 0.331 e. The van der Waals surface area contributed by atoms with Crippen molar-refractivity contribution in [2.45, 2.75) is 91.3 Å². The predicted octanol–water partition coefficient (Wildman–Crippen LogP) is 4.55. The van der Waals surface area contributed by atoms with Crippen LogP contribution < -0.4 is 0 Å². The van der Waals surface area contributed by atoms with E-state index >= 15 is 0 Å². The first kappa shape index (κ1) is 30.7. The van der Waals surface area contributed by atoms with Gasteiger partial charge in [-0.05, 0) is 65.9 Å². The molecule has 8 heteroatoms. The average Bonchev–Trinajstić information content (AvgIpc) is 2.89. The van der Waals surface area contributed by atoms with E-state index in [1.807, 2.05) is 51.1 Å². The van der Waals surface area contributed by atoms with E-state index in [2.05, 4.69) is 6.58 Å². The summed E-state index contributed by atoms with van der Waals surface area (Å²) >= 11 is 0. The first-order valence-corrected chi connectivity index (χ1v) is 14.2. The van der Waals surface area contributed by atoms with Crippen LogP contribution in [0.25, 0.3) is 6.08 Å². The van der Waals surface area contributed by atoms with Gasteiger partial charge in [0.25, 0.3) is 0 Å². The molecule has 0 unspecified atom stereocenters. The zero-order valence-corrected chi connectivity index (χ0v) is 24.8. The molecule has 41 heavy (non-hydrogen) atoms. The zero-order chi connectivity index (χ0) is 30.3. The third-order valence-corrected chi connectivity index (χ3v) is 9.51. The molecular formula is C33H42O8. The first-order chi connectivity index (χ1) is 19.2. The molecule has 1 aromatic rings. The number of benzene rings is 1. The van der Waals surface area contributed by atoms with Crippen molar-refractivity contribution in [2.75, 3.05) is 0 Å². The van der Waals surface area contributed by atoms with Gasteiger partial charge in [-0.25, -0.2) is 4.79 Å². The van der Waals surface area contributed by atoms with Gasteiger partial charge in [-0.1, -0.05) is 57.7 Å². The Kier molecular flexibility index (Phi) is 8.67. The minimum absolute atomic E-state index is 0.290. The Balaban J connectivity index is 1.77. The van der Waals surface area contributed by atoms with E-state index in [0.717, 1.165) is 5.56 Å². The highest BCUT2D eigenvalue weighted by Gasteiger charge is 2.63. The Bertz CT molecular complexity index is 1260. The van der Waals surface area contributed by atoms with Crippen molar-refractivity contribution < 1.29 is 38.8 Å². The van der Waals surface area contributed by atoms with Crippen molar-refractivity contribution in [1.29, 1.82) is 0 Å². The van der Waals surface area contributed by atoms with E-state index in [-0.39, 0.29) is 0 Å². The van der Waals surface area contributed by atoms with Gasteiger partial charge in [-0.3, -0.25) is 9.59 Å². The lowest BCUT2D eigenvalue weighted by Gasteiger charge is -2.59. The third-order valence-electron chi connectivity index (χ3n) is 9.51. The first-order valence-electron chi connectivity index (χ1n) is 14.2. The summed E-state index contributed by atoms with van der Waals surface area (Å²) in [6.45, 7) is 14.5. The molecule has 0 saturated heterocycles. The van der Waals surface area contributed by atoms with E-state index in [0.29, 0.717) is 36.0 Å². The summed E-state index contributed by atoms with van der Waals surface area (Å²) in [6, 6.07) is 9.39. The van der Waals surface area contributed by atoms with Gasteiger partial charge < -0.3 is 24.4 Å². The normalized spacial score (nSPS) is 34.7. The number of hydrogen-bond donors (Lipinski definition) is 2. The third kappa shape index (κ3) is 5.77. The number of rotatable bonds is 5. The van der Waals surface area contributed by atoms with Crippen LogP contribution in [0.5, 0.6) is 0 Å². The van der Waals surface area contributed by atoms with Crippen molar-refractivity contribution in [1.82, 2.24) is 0 Å². The van der Waals surface area contributed by atoms with Crippen molar-refractivity contribution in [3.05, 3.63) is 65.3 Å². The molecule has 0 radical (unpaired) electrons. The number of carbonyl (C=O) groups excluding carboxylic acids is 3. The maximum atomic E-state index is 12.8. The predicted molar refractivity (Wildman–Crippen MR) is 153 cm³/mol. The number of aliphatic hydroxyl groups excluding tert-OH is 2. The molecule has 0 aliphatic heterocycles. The van der Waals surface area contributed by atoms with Gasteiger partial charge in [0.05, 0.1) is 12.2 Å². The van der Waals surface area contributed by atoms with Gasteiger partial charge in [-0.2, -0.15) is 0 Å². The van der Waals surface area contributed by atoms with Gasteiger partial charge in [0.15, 0.2) is 6.10 Å². The number of fused-ring (bicyclic) bond motifs is 3. The van der Waals surface area contributed by atoms with Gasteiger partial charge in [0, 0.05) is 31.3 Å². The van der Waals surface area contributed by atoms with Crippen LogP contribution >= 0.6 is 0 Å². The van der Waals surface area contributed by atoms with E-state index in [1.165, 1.54) is 19.9 Å². The standard InChI is InChI=1S/C33H42O8/c1-18-24(36)17-23-29(38)27-19(2)25(41-26(37)14-13-22-11-9-8-10-12-22)15-16-33(27,7)31(40-21(4)35)30(39-20(3)34)28(18)32(23,5)6/h8-14,23-25,27,29-31,36,38H,2,15-17H2,1,3-7H3/b14-13-/t23-,24-,25-,27-,29+,30+,31-,33+/m0/s1. The Labute approximate surface area is 242 Å². The topological polar surface area (TPSA) is 119 Å². The van der Waals surface area contributed by atoms with Crippen molar-refractivity contribution in [2.24, 2.45) is 22.7 Å². The fraction of sp³-hybridized carbons (Fsp3) is 0.545. The summed E-state index contributed by atoms with van der Waals surface area (Å²) in [7, 11) is 0. The summed E-state index contributed by atoms with van der Waals surface area (Å²) in [5.74, 6) is -2.77. The van der Waals surface area contributed by atoms with Gasteiger partial charge >= 0.3 is 17.9 Å². The molecule has 2 N–H and O–H groups in total. The molecule has 0 heterocycles. The van der Waals surface area contributed by atoms with Crippen LogP contribution in [0.15, 0.2) is 59.7 Å². The highest BCUT2D eigenvalue weighted by molar-refractivity contribution is 5.87. The molecule has 3 aliphatic rings. The second kappa shape index (κ2) is 11.6. The van der Waals surface area contributed by atoms with Crippen LogP contribution in [0.4, 0.5) is 0 Å². The largest absolute Gasteiger partial charge is 0.458 e. The van der Waals surface area contributed by atoms with Crippen molar-refractivity contribution in [3.63, 3.8) is 0 Å². The van der Waals surface area contributed by atoms with E-state index < -0.39 is 71.1 Å². The molecule has 222 valence electrons. The molecule has 1 aromatic carbocycles. The van der Waals surface area contributed by atoms with Gasteiger partial charge in [-0.15, -0.1) is 0 Å². The average molecular weight is 567 g/mol. The lowest BCUT2D eigenvalue weighted by Crippen LogP contribution is -2.63. The highest BCUT2D eigenvalue weighted by Crippen LogP contribution is 2.60. The lowest BCUT2D eigenvalue weighted by atomic mass is 9.49. The molecule has 0 amide bonds. The Morgan fingerprint density at radius 2 is 1.63 bits per heavy atom. The number of hydrogen-bond acceptors (Lipinski definition) is 8. The highest BCUT2D eigenvalue weighted by atomic mass is 16.6. The molecular weight excluding hydrogens is 524 g/mol. The molecule has 8 nitrogen and oxygen atoms in total. The molecule has 0 aromatic heterocycles. The smallest absolute Gasteiger partial charge is 0.331 e. The molecule has 8 atom stereocenters. The summed E-state index contributed by atoms with van der Waals surface area (Å²) in [6.07, 6.45) is -0.448. The summed E-state index contributed by atoms with van der Waals surface area (Å²) in [4.78, 5) is 37.8. The Morgan fingerprint density at radius 1 is 1.00 bits per heavy atom. The number of esters is 3. The van der Waals surface area contributed by atoms with Crippen LogP contribution in [0, 0.1) is 22.7 Å². The molecule has 0 spiro atoms. The number of aliphatic hydroxyl groups is 2. The number of ether oxygens (including phenoxy) is 3. The summed E-state index contributed by atoms with van der Waals surface area (Å²) < 4.78 is 17.8.